The summed E-state index contributed by atoms with van der Waals surface area (Å²) < 4.78 is 0. The van der Waals surface area contributed by atoms with Crippen molar-refractivity contribution in [2.45, 2.75) is 51.0 Å². The van der Waals surface area contributed by atoms with Crippen molar-refractivity contribution in [2.24, 2.45) is 11.8 Å². The van der Waals surface area contributed by atoms with Crippen LogP contribution in [-0.2, 0) is 9.59 Å². The maximum atomic E-state index is 12.4. The maximum Gasteiger partial charge on any atom is 0.222 e. The first-order valence-corrected chi connectivity index (χ1v) is 8.50. The van der Waals surface area contributed by atoms with Gasteiger partial charge in [-0.1, -0.05) is 0 Å². The van der Waals surface area contributed by atoms with E-state index < -0.39 is 0 Å². The van der Waals surface area contributed by atoms with Gasteiger partial charge in [0.2, 0.25) is 11.8 Å². The SMILES string of the molecule is O=C1CCC2CN(C(=O)CCC3CCNCC3)CCC2N1. The lowest BCUT2D eigenvalue weighted by atomic mass is 9.85. The number of likely N-dealkylation sites (tertiary alicyclic amines) is 1. The van der Waals surface area contributed by atoms with Gasteiger partial charge in [0.15, 0.2) is 0 Å². The Kier molecular flexibility index (Phi) is 4.78. The van der Waals surface area contributed by atoms with Crippen LogP contribution in [0.1, 0.15) is 44.9 Å². The van der Waals surface area contributed by atoms with Crippen LogP contribution in [0.4, 0.5) is 0 Å². The summed E-state index contributed by atoms with van der Waals surface area (Å²) >= 11 is 0. The Labute approximate surface area is 126 Å². The van der Waals surface area contributed by atoms with Crippen LogP contribution in [0.25, 0.3) is 0 Å². The molecule has 0 bridgehead atoms. The van der Waals surface area contributed by atoms with Gasteiger partial charge < -0.3 is 15.5 Å². The fourth-order valence-corrected chi connectivity index (χ4v) is 3.99. The number of nitrogens with one attached hydrogen (secondary N) is 2. The van der Waals surface area contributed by atoms with Crippen molar-refractivity contribution in [2.75, 3.05) is 26.2 Å². The average Bonchev–Trinajstić information content (AvgIpc) is 2.53. The quantitative estimate of drug-likeness (QED) is 0.812. The number of hydrogen-bond acceptors (Lipinski definition) is 3. The Morgan fingerprint density at radius 1 is 1.19 bits per heavy atom. The summed E-state index contributed by atoms with van der Waals surface area (Å²) in [6, 6.07) is 0.305. The van der Waals surface area contributed by atoms with Crippen molar-refractivity contribution in [1.82, 2.24) is 15.5 Å². The Balaban J connectivity index is 1.44. The first-order valence-electron chi connectivity index (χ1n) is 8.50. The summed E-state index contributed by atoms with van der Waals surface area (Å²) in [5.41, 5.74) is 0. The van der Waals surface area contributed by atoms with E-state index in [-0.39, 0.29) is 5.91 Å². The zero-order chi connectivity index (χ0) is 14.7. The maximum absolute atomic E-state index is 12.4. The predicted octanol–water partition coefficient (Wildman–Crippen LogP) is 0.893. The average molecular weight is 293 g/mol. The molecular formula is C16H27N3O2. The molecule has 2 N–H and O–H groups in total. The summed E-state index contributed by atoms with van der Waals surface area (Å²) in [5.74, 6) is 1.70. The molecular weight excluding hydrogens is 266 g/mol. The third kappa shape index (κ3) is 3.76. The second kappa shape index (κ2) is 6.77. The van der Waals surface area contributed by atoms with E-state index in [1.807, 2.05) is 4.90 Å². The Morgan fingerprint density at radius 3 is 2.81 bits per heavy atom. The lowest BCUT2D eigenvalue weighted by Crippen LogP contribution is -2.55. The van der Waals surface area contributed by atoms with E-state index in [9.17, 15) is 9.59 Å². The predicted molar refractivity (Wildman–Crippen MR) is 80.7 cm³/mol. The lowest BCUT2D eigenvalue weighted by Gasteiger charge is -2.41. The van der Waals surface area contributed by atoms with Crippen LogP contribution in [0, 0.1) is 11.8 Å². The fraction of sp³-hybridized carbons (Fsp3) is 0.875. The first kappa shape index (κ1) is 14.8. The number of rotatable bonds is 3. The van der Waals surface area contributed by atoms with Gasteiger partial charge in [0, 0.05) is 32.0 Å². The van der Waals surface area contributed by atoms with Crippen molar-refractivity contribution in [3.63, 3.8) is 0 Å². The minimum Gasteiger partial charge on any atom is -0.353 e. The van der Waals surface area contributed by atoms with Crippen molar-refractivity contribution < 1.29 is 9.59 Å². The van der Waals surface area contributed by atoms with Crippen LogP contribution < -0.4 is 10.6 Å². The normalized spacial score (nSPS) is 30.7. The third-order valence-electron chi connectivity index (χ3n) is 5.40. The molecule has 0 aromatic rings. The molecule has 0 spiro atoms. The van der Waals surface area contributed by atoms with Gasteiger partial charge in [-0.2, -0.15) is 0 Å². The second-order valence-electron chi connectivity index (χ2n) is 6.83. The highest BCUT2D eigenvalue weighted by Gasteiger charge is 2.35. The van der Waals surface area contributed by atoms with E-state index in [1.54, 1.807) is 0 Å². The van der Waals surface area contributed by atoms with Crippen molar-refractivity contribution >= 4 is 11.8 Å². The van der Waals surface area contributed by atoms with Gasteiger partial charge in [0.25, 0.3) is 0 Å². The van der Waals surface area contributed by atoms with E-state index >= 15 is 0 Å². The summed E-state index contributed by atoms with van der Waals surface area (Å²) in [5, 5.41) is 6.45. The number of carbonyl (C=O) groups excluding carboxylic acids is 2. The highest BCUT2D eigenvalue weighted by Crippen LogP contribution is 2.26. The zero-order valence-electron chi connectivity index (χ0n) is 12.8. The van der Waals surface area contributed by atoms with E-state index in [4.69, 9.17) is 0 Å². The fourth-order valence-electron chi connectivity index (χ4n) is 3.99. The lowest BCUT2D eigenvalue weighted by molar-refractivity contribution is -0.135. The van der Waals surface area contributed by atoms with E-state index in [2.05, 4.69) is 10.6 Å². The smallest absolute Gasteiger partial charge is 0.222 e. The van der Waals surface area contributed by atoms with Gasteiger partial charge in [-0.25, -0.2) is 0 Å². The number of amides is 2. The molecule has 3 heterocycles. The molecule has 5 heteroatoms. The molecule has 0 aromatic carbocycles. The molecule has 0 saturated carbocycles. The molecule has 2 amide bonds. The molecule has 0 aliphatic carbocycles. The largest absolute Gasteiger partial charge is 0.353 e. The Hall–Kier alpha value is -1.10. The minimum absolute atomic E-state index is 0.182. The van der Waals surface area contributed by atoms with Crippen molar-refractivity contribution in [1.29, 1.82) is 0 Å². The molecule has 3 fully saturated rings. The minimum atomic E-state index is 0.182. The van der Waals surface area contributed by atoms with Crippen LogP contribution in [0.5, 0.6) is 0 Å². The van der Waals surface area contributed by atoms with E-state index in [1.165, 1.54) is 12.8 Å². The van der Waals surface area contributed by atoms with Gasteiger partial charge >= 0.3 is 0 Å². The highest BCUT2D eigenvalue weighted by atomic mass is 16.2. The van der Waals surface area contributed by atoms with Crippen LogP contribution in [0.3, 0.4) is 0 Å². The molecule has 5 nitrogen and oxygen atoms in total. The molecule has 0 radical (unpaired) electrons. The van der Waals surface area contributed by atoms with Gasteiger partial charge in [-0.15, -0.1) is 0 Å². The third-order valence-corrected chi connectivity index (χ3v) is 5.40. The van der Waals surface area contributed by atoms with Crippen LogP contribution in [0.2, 0.25) is 0 Å². The molecule has 118 valence electrons. The van der Waals surface area contributed by atoms with E-state index in [0.717, 1.165) is 51.4 Å². The summed E-state index contributed by atoms with van der Waals surface area (Å²) in [7, 11) is 0. The molecule has 21 heavy (non-hydrogen) atoms. The first-order chi connectivity index (χ1) is 10.2. The summed E-state index contributed by atoms with van der Waals surface area (Å²) in [6.45, 7) is 3.86. The van der Waals surface area contributed by atoms with Gasteiger partial charge in [-0.3, -0.25) is 9.59 Å². The highest BCUT2D eigenvalue weighted by molar-refractivity contribution is 5.78. The van der Waals surface area contributed by atoms with Crippen LogP contribution in [-0.4, -0.2) is 48.9 Å². The number of nitrogens with zero attached hydrogens (tertiary/aromatic N) is 1. The molecule has 2 atom stereocenters. The van der Waals surface area contributed by atoms with Crippen LogP contribution in [0.15, 0.2) is 0 Å². The molecule has 3 saturated heterocycles. The topological polar surface area (TPSA) is 61.4 Å². The molecule has 2 unspecified atom stereocenters. The van der Waals surface area contributed by atoms with Crippen LogP contribution >= 0.6 is 0 Å². The zero-order valence-corrected chi connectivity index (χ0v) is 12.8. The van der Waals surface area contributed by atoms with Crippen molar-refractivity contribution in [3.05, 3.63) is 0 Å². The van der Waals surface area contributed by atoms with E-state index in [0.29, 0.717) is 30.7 Å². The Morgan fingerprint density at radius 2 is 2.00 bits per heavy atom. The number of carbonyl (C=O) groups is 2. The standard InChI is InChI=1S/C16H27N3O2/c20-15-3-2-13-11-19(10-7-14(13)18-15)16(21)4-1-12-5-8-17-9-6-12/h12-14,17H,1-11H2,(H,18,20). The summed E-state index contributed by atoms with van der Waals surface area (Å²) in [4.78, 5) is 25.9. The van der Waals surface area contributed by atoms with Gasteiger partial charge in [0.05, 0.1) is 0 Å². The summed E-state index contributed by atoms with van der Waals surface area (Å²) in [6.07, 6.45) is 6.66. The van der Waals surface area contributed by atoms with Gasteiger partial charge in [-0.05, 0) is 57.0 Å². The Bertz CT molecular complexity index is 393. The van der Waals surface area contributed by atoms with Crippen molar-refractivity contribution in [3.8, 4) is 0 Å². The van der Waals surface area contributed by atoms with Gasteiger partial charge in [0.1, 0.15) is 0 Å². The molecule has 3 aliphatic heterocycles. The number of hydrogen-bond donors (Lipinski definition) is 2. The monoisotopic (exact) mass is 293 g/mol. The number of fused-ring (bicyclic) bond motifs is 1. The molecule has 3 rings (SSSR count). The molecule has 3 aliphatic rings. The molecule has 0 aromatic heterocycles. The second-order valence-corrected chi connectivity index (χ2v) is 6.83. The number of piperidine rings is 3.